The summed E-state index contributed by atoms with van der Waals surface area (Å²) in [5.41, 5.74) is 2.14. The van der Waals surface area contributed by atoms with E-state index in [0.717, 1.165) is 44.0 Å². The molecule has 25 heavy (non-hydrogen) atoms. The number of methoxy groups -OCH3 is 2. The molecule has 0 saturated heterocycles. The number of hydrogen-bond donors (Lipinski definition) is 1. The van der Waals surface area contributed by atoms with Crippen molar-refractivity contribution < 1.29 is 19.0 Å². The summed E-state index contributed by atoms with van der Waals surface area (Å²) < 4.78 is 16.0. The van der Waals surface area contributed by atoms with E-state index in [1.807, 2.05) is 20.8 Å². The van der Waals surface area contributed by atoms with Gasteiger partial charge in [0.15, 0.2) is 11.5 Å². The normalized spacial score (nSPS) is 14.6. The number of benzene rings is 1. The van der Waals surface area contributed by atoms with Gasteiger partial charge in [-0.1, -0.05) is 0 Å². The second-order valence-electron chi connectivity index (χ2n) is 7.28. The maximum Gasteiger partial charge on any atom is 0.407 e. The van der Waals surface area contributed by atoms with Gasteiger partial charge < -0.3 is 19.5 Å². The molecule has 1 aliphatic heterocycles. The second-order valence-corrected chi connectivity index (χ2v) is 7.28. The molecule has 0 radical (unpaired) electrons. The summed E-state index contributed by atoms with van der Waals surface area (Å²) in [6.45, 7) is 9.04. The van der Waals surface area contributed by atoms with Crippen LogP contribution in [0.3, 0.4) is 0 Å². The highest BCUT2D eigenvalue weighted by atomic mass is 16.6. The van der Waals surface area contributed by atoms with Gasteiger partial charge in [-0.25, -0.2) is 4.79 Å². The largest absolute Gasteiger partial charge is 0.493 e. The van der Waals surface area contributed by atoms with E-state index >= 15 is 0 Å². The molecule has 6 heteroatoms. The van der Waals surface area contributed by atoms with E-state index in [1.54, 1.807) is 14.2 Å². The Morgan fingerprint density at radius 3 is 2.40 bits per heavy atom. The Morgan fingerprint density at radius 1 is 1.16 bits per heavy atom. The van der Waals surface area contributed by atoms with Gasteiger partial charge in [0.05, 0.1) is 14.2 Å². The van der Waals surface area contributed by atoms with E-state index in [4.69, 9.17) is 14.2 Å². The van der Waals surface area contributed by atoms with Crippen LogP contribution in [0.5, 0.6) is 11.5 Å². The summed E-state index contributed by atoms with van der Waals surface area (Å²) >= 11 is 0. The molecule has 1 N–H and O–H groups in total. The Kier molecular flexibility index (Phi) is 6.53. The highest BCUT2D eigenvalue weighted by molar-refractivity contribution is 5.67. The molecular formula is C19H30N2O4. The second kappa shape index (κ2) is 8.43. The molecule has 1 aliphatic rings. The van der Waals surface area contributed by atoms with E-state index < -0.39 is 5.60 Å². The van der Waals surface area contributed by atoms with Crippen LogP contribution in [0, 0.1) is 0 Å². The molecule has 0 aromatic heterocycles. The van der Waals surface area contributed by atoms with Crippen molar-refractivity contribution in [2.75, 3.05) is 33.9 Å². The van der Waals surface area contributed by atoms with Crippen LogP contribution < -0.4 is 14.8 Å². The van der Waals surface area contributed by atoms with E-state index in [2.05, 4.69) is 22.3 Å². The molecule has 0 spiro atoms. The van der Waals surface area contributed by atoms with Gasteiger partial charge >= 0.3 is 6.09 Å². The molecule has 0 fully saturated rings. The molecule has 0 atom stereocenters. The van der Waals surface area contributed by atoms with Crippen LogP contribution in [0.2, 0.25) is 0 Å². The lowest BCUT2D eigenvalue weighted by Gasteiger charge is -2.29. The molecule has 1 aromatic carbocycles. The molecule has 0 aliphatic carbocycles. The monoisotopic (exact) mass is 350 g/mol. The number of ether oxygens (including phenoxy) is 3. The van der Waals surface area contributed by atoms with E-state index in [9.17, 15) is 4.79 Å². The van der Waals surface area contributed by atoms with Crippen molar-refractivity contribution in [1.82, 2.24) is 10.2 Å². The number of hydrogen-bond acceptors (Lipinski definition) is 5. The lowest BCUT2D eigenvalue weighted by Crippen LogP contribution is -2.36. The molecule has 0 bridgehead atoms. The number of carbonyl (C=O) groups excluding carboxylic acids is 1. The zero-order valence-electron chi connectivity index (χ0n) is 16.0. The number of nitrogens with zero attached hydrogens (tertiary/aromatic N) is 1. The third kappa shape index (κ3) is 5.81. The average Bonchev–Trinajstić information content (AvgIpc) is 2.55. The summed E-state index contributed by atoms with van der Waals surface area (Å²) in [7, 11) is 3.32. The zero-order valence-corrected chi connectivity index (χ0v) is 16.0. The summed E-state index contributed by atoms with van der Waals surface area (Å²) in [5, 5.41) is 2.81. The predicted molar refractivity (Wildman–Crippen MR) is 97.4 cm³/mol. The third-order valence-electron chi connectivity index (χ3n) is 4.12. The van der Waals surface area contributed by atoms with Crippen LogP contribution in [0.1, 0.15) is 38.3 Å². The summed E-state index contributed by atoms with van der Waals surface area (Å²) in [6.07, 6.45) is 1.53. The third-order valence-corrected chi connectivity index (χ3v) is 4.12. The molecule has 1 heterocycles. The highest BCUT2D eigenvalue weighted by Crippen LogP contribution is 2.33. The maximum atomic E-state index is 11.6. The van der Waals surface area contributed by atoms with Gasteiger partial charge in [-0.3, -0.25) is 4.90 Å². The SMILES string of the molecule is COc1cc2c(cc1OC)CN(CCCNC(=O)OC(C)(C)C)CC2. The van der Waals surface area contributed by atoms with Crippen LogP contribution in [0.4, 0.5) is 4.79 Å². The fraction of sp³-hybridized carbons (Fsp3) is 0.632. The maximum absolute atomic E-state index is 11.6. The molecule has 6 nitrogen and oxygen atoms in total. The van der Waals surface area contributed by atoms with Gasteiger partial charge in [0.1, 0.15) is 5.60 Å². The smallest absolute Gasteiger partial charge is 0.407 e. The minimum absolute atomic E-state index is 0.353. The lowest BCUT2D eigenvalue weighted by atomic mass is 9.98. The lowest BCUT2D eigenvalue weighted by molar-refractivity contribution is 0.0525. The summed E-state index contributed by atoms with van der Waals surface area (Å²) in [4.78, 5) is 14.0. The van der Waals surface area contributed by atoms with Gasteiger partial charge in [0.25, 0.3) is 0 Å². The van der Waals surface area contributed by atoms with Gasteiger partial charge in [-0.05, 0) is 56.9 Å². The highest BCUT2D eigenvalue weighted by Gasteiger charge is 2.19. The zero-order chi connectivity index (χ0) is 18.4. The fourth-order valence-electron chi connectivity index (χ4n) is 2.94. The van der Waals surface area contributed by atoms with Crippen molar-refractivity contribution in [1.29, 1.82) is 0 Å². The first-order valence-electron chi connectivity index (χ1n) is 8.75. The quantitative estimate of drug-likeness (QED) is 0.799. The van der Waals surface area contributed by atoms with Crippen molar-refractivity contribution in [2.24, 2.45) is 0 Å². The Hall–Kier alpha value is -1.95. The molecule has 140 valence electrons. The number of nitrogens with one attached hydrogen (secondary N) is 1. The number of amides is 1. The van der Waals surface area contributed by atoms with Gasteiger partial charge in [-0.2, -0.15) is 0 Å². The van der Waals surface area contributed by atoms with Crippen LogP contribution in [0.15, 0.2) is 12.1 Å². The molecule has 0 saturated carbocycles. The van der Waals surface area contributed by atoms with Crippen LogP contribution >= 0.6 is 0 Å². The predicted octanol–water partition coefficient (Wildman–Crippen LogP) is 2.98. The van der Waals surface area contributed by atoms with Crippen molar-refractivity contribution in [3.05, 3.63) is 23.3 Å². The number of alkyl carbamates (subject to hydrolysis) is 1. The van der Waals surface area contributed by atoms with Crippen LogP contribution in [0.25, 0.3) is 0 Å². The molecule has 1 amide bonds. The van der Waals surface area contributed by atoms with Crippen LogP contribution in [-0.4, -0.2) is 50.4 Å². The Labute approximate surface area is 150 Å². The van der Waals surface area contributed by atoms with Crippen molar-refractivity contribution in [2.45, 2.75) is 45.8 Å². The van der Waals surface area contributed by atoms with Crippen LogP contribution in [-0.2, 0) is 17.7 Å². The minimum Gasteiger partial charge on any atom is -0.493 e. The Balaban J connectivity index is 1.80. The summed E-state index contributed by atoms with van der Waals surface area (Å²) in [5.74, 6) is 1.56. The summed E-state index contributed by atoms with van der Waals surface area (Å²) in [6, 6.07) is 4.15. The van der Waals surface area contributed by atoms with Gasteiger partial charge in [0.2, 0.25) is 0 Å². The van der Waals surface area contributed by atoms with E-state index in [1.165, 1.54) is 11.1 Å². The Bertz CT molecular complexity index is 596. The first kappa shape index (κ1) is 19.4. The first-order chi connectivity index (χ1) is 11.8. The van der Waals surface area contributed by atoms with Gasteiger partial charge in [-0.15, -0.1) is 0 Å². The molecule has 2 rings (SSSR count). The number of fused-ring (bicyclic) bond motifs is 1. The van der Waals surface area contributed by atoms with E-state index in [0.29, 0.717) is 6.54 Å². The number of carbonyl (C=O) groups is 1. The van der Waals surface area contributed by atoms with Gasteiger partial charge in [0, 0.05) is 26.2 Å². The standard InChI is InChI=1S/C19H30N2O4/c1-19(2,3)25-18(22)20-8-6-9-21-10-7-14-11-16(23-4)17(24-5)12-15(14)13-21/h11-12H,6-10,13H2,1-5H3,(H,20,22). The molecular weight excluding hydrogens is 320 g/mol. The molecule has 0 unspecified atom stereocenters. The van der Waals surface area contributed by atoms with Crippen molar-refractivity contribution in [3.63, 3.8) is 0 Å². The molecule has 1 aromatic rings. The van der Waals surface area contributed by atoms with Crippen molar-refractivity contribution >= 4 is 6.09 Å². The Morgan fingerprint density at radius 2 is 1.80 bits per heavy atom. The minimum atomic E-state index is -0.458. The van der Waals surface area contributed by atoms with Crippen molar-refractivity contribution in [3.8, 4) is 11.5 Å². The first-order valence-corrected chi connectivity index (χ1v) is 8.75. The van der Waals surface area contributed by atoms with E-state index in [-0.39, 0.29) is 6.09 Å². The fourth-order valence-corrected chi connectivity index (χ4v) is 2.94. The topological polar surface area (TPSA) is 60.0 Å². The number of rotatable bonds is 6. The average molecular weight is 350 g/mol.